The van der Waals surface area contributed by atoms with E-state index in [1.165, 1.54) is 41.2 Å². The van der Waals surface area contributed by atoms with Crippen LogP contribution in [-0.2, 0) is 16.0 Å². The lowest BCUT2D eigenvalue weighted by molar-refractivity contribution is -0.140. The van der Waals surface area contributed by atoms with Crippen molar-refractivity contribution >= 4 is 9.84 Å². The summed E-state index contributed by atoms with van der Waals surface area (Å²) in [6.45, 7) is 0. The Kier molecular flexibility index (Phi) is 4.11. The Morgan fingerprint density at radius 3 is 2.28 bits per heavy atom. The van der Waals surface area contributed by atoms with Crippen molar-refractivity contribution in [1.82, 2.24) is 14.5 Å². The lowest BCUT2D eigenvalue weighted by Crippen LogP contribution is -2.05. The summed E-state index contributed by atoms with van der Waals surface area (Å²) in [6, 6.07) is 8.71. The topological polar surface area (TPSA) is 64.8 Å². The summed E-state index contributed by atoms with van der Waals surface area (Å²) in [7, 11) is -3.40. The molecule has 0 spiro atoms. The molecule has 0 aliphatic rings. The summed E-state index contributed by atoms with van der Waals surface area (Å²) in [4.78, 5) is 7.66. The number of hydrogen-bond donors (Lipinski definition) is 0. The van der Waals surface area contributed by atoms with Crippen LogP contribution >= 0.6 is 0 Å². The summed E-state index contributed by atoms with van der Waals surface area (Å²) >= 11 is 0. The minimum absolute atomic E-state index is 0.0420. The van der Waals surface area contributed by atoms with Crippen LogP contribution in [0.5, 0.6) is 0 Å². The highest BCUT2D eigenvalue weighted by Crippen LogP contribution is 2.32. The number of imidazole rings is 1. The first kappa shape index (κ1) is 17.2. The molecule has 25 heavy (non-hydrogen) atoms. The van der Waals surface area contributed by atoms with Crippen molar-refractivity contribution in [3.05, 3.63) is 60.7 Å². The van der Waals surface area contributed by atoms with Gasteiger partial charge in [-0.3, -0.25) is 9.55 Å². The number of rotatable bonds is 3. The van der Waals surface area contributed by atoms with E-state index in [-0.39, 0.29) is 10.7 Å². The van der Waals surface area contributed by atoms with Crippen molar-refractivity contribution in [3.8, 4) is 17.1 Å². The molecule has 0 saturated carbocycles. The van der Waals surface area contributed by atoms with Crippen molar-refractivity contribution in [1.29, 1.82) is 0 Å². The predicted octanol–water partition coefficient (Wildman–Crippen LogP) is 3.36. The second-order valence-electron chi connectivity index (χ2n) is 5.33. The quantitative estimate of drug-likeness (QED) is 0.712. The fourth-order valence-electron chi connectivity index (χ4n) is 2.26. The number of hydrogen-bond acceptors (Lipinski definition) is 4. The molecule has 1 aromatic carbocycles. The molecule has 0 bridgehead atoms. The van der Waals surface area contributed by atoms with Gasteiger partial charge in [0.2, 0.25) is 0 Å². The zero-order valence-corrected chi connectivity index (χ0v) is 13.7. The molecular formula is C16H12F3N3O2S. The van der Waals surface area contributed by atoms with Crippen molar-refractivity contribution in [3.63, 3.8) is 0 Å². The maximum Gasteiger partial charge on any atom is 0.434 e. The second kappa shape index (κ2) is 5.99. The van der Waals surface area contributed by atoms with Crippen molar-refractivity contribution in [2.45, 2.75) is 11.1 Å². The third kappa shape index (κ3) is 3.55. The number of aromatic nitrogens is 3. The van der Waals surface area contributed by atoms with Gasteiger partial charge in [0, 0.05) is 24.2 Å². The largest absolute Gasteiger partial charge is 0.434 e. The van der Waals surface area contributed by atoms with Crippen molar-refractivity contribution < 1.29 is 21.6 Å². The summed E-state index contributed by atoms with van der Waals surface area (Å²) < 4.78 is 63.5. The highest BCUT2D eigenvalue weighted by atomic mass is 32.2. The fourth-order valence-corrected chi connectivity index (χ4v) is 2.90. The van der Waals surface area contributed by atoms with E-state index in [4.69, 9.17) is 0 Å². The highest BCUT2D eigenvalue weighted by molar-refractivity contribution is 7.90. The molecule has 0 N–H and O–H groups in total. The second-order valence-corrected chi connectivity index (χ2v) is 7.34. The molecule has 0 saturated heterocycles. The van der Waals surface area contributed by atoms with Crippen LogP contribution in [0.3, 0.4) is 0 Å². The molecule has 0 aliphatic carbocycles. The van der Waals surface area contributed by atoms with Crippen molar-refractivity contribution in [2.75, 3.05) is 6.26 Å². The first-order valence-electron chi connectivity index (χ1n) is 7.04. The van der Waals surface area contributed by atoms with Crippen LogP contribution in [0.25, 0.3) is 17.1 Å². The van der Waals surface area contributed by atoms with E-state index in [0.29, 0.717) is 11.3 Å². The van der Waals surface area contributed by atoms with Gasteiger partial charge in [0.05, 0.1) is 16.8 Å². The van der Waals surface area contributed by atoms with Gasteiger partial charge in [0.25, 0.3) is 0 Å². The smallest absolute Gasteiger partial charge is 0.298 e. The molecule has 9 heteroatoms. The molecule has 0 radical (unpaired) electrons. The molecule has 2 heterocycles. The molecular weight excluding hydrogens is 355 g/mol. The molecule has 130 valence electrons. The SMILES string of the molecule is CS(=O)(=O)c1ccc(-c2nc(C(F)(F)F)cn2-c2cccnc2)cc1. The molecule has 2 aromatic heterocycles. The molecule has 0 fully saturated rings. The summed E-state index contributed by atoms with van der Waals surface area (Å²) in [5.41, 5.74) is -0.280. The van der Waals surface area contributed by atoms with Crippen LogP contribution in [0.4, 0.5) is 13.2 Å². The molecule has 0 unspecified atom stereocenters. The van der Waals surface area contributed by atoms with E-state index in [9.17, 15) is 21.6 Å². The van der Waals surface area contributed by atoms with Gasteiger partial charge in [-0.1, -0.05) is 0 Å². The number of alkyl halides is 3. The van der Waals surface area contributed by atoms with Crippen LogP contribution in [0.1, 0.15) is 5.69 Å². The van der Waals surface area contributed by atoms with Gasteiger partial charge in [-0.2, -0.15) is 13.2 Å². The van der Waals surface area contributed by atoms with Gasteiger partial charge in [0.15, 0.2) is 15.5 Å². The fraction of sp³-hybridized carbons (Fsp3) is 0.125. The zero-order valence-electron chi connectivity index (χ0n) is 12.9. The number of nitrogens with zero attached hydrogens (tertiary/aromatic N) is 3. The number of halogens is 3. The minimum Gasteiger partial charge on any atom is -0.298 e. The summed E-state index contributed by atoms with van der Waals surface area (Å²) in [5, 5.41) is 0. The summed E-state index contributed by atoms with van der Waals surface area (Å²) in [5.74, 6) is 0.0420. The predicted molar refractivity (Wildman–Crippen MR) is 84.9 cm³/mol. The van der Waals surface area contributed by atoms with Gasteiger partial charge in [-0.05, 0) is 36.4 Å². The molecule has 0 amide bonds. The van der Waals surface area contributed by atoms with E-state index < -0.39 is 21.7 Å². The van der Waals surface area contributed by atoms with Crippen molar-refractivity contribution in [2.24, 2.45) is 0 Å². The van der Waals surface area contributed by atoms with Gasteiger partial charge >= 0.3 is 6.18 Å². The van der Waals surface area contributed by atoms with Crippen LogP contribution in [-0.4, -0.2) is 29.2 Å². The average molecular weight is 367 g/mol. The van der Waals surface area contributed by atoms with Crippen LogP contribution in [0.2, 0.25) is 0 Å². The zero-order chi connectivity index (χ0) is 18.2. The van der Waals surface area contributed by atoms with E-state index >= 15 is 0 Å². The van der Waals surface area contributed by atoms with Crippen LogP contribution in [0.15, 0.2) is 59.9 Å². The molecule has 3 aromatic rings. The van der Waals surface area contributed by atoms with Gasteiger partial charge in [-0.15, -0.1) is 0 Å². The standard InChI is InChI=1S/C16H12F3N3O2S/c1-25(23,24)13-6-4-11(5-7-13)15-21-14(16(17,18)19)10-22(15)12-3-2-8-20-9-12/h2-10H,1H3. The molecule has 5 nitrogen and oxygen atoms in total. The lowest BCUT2D eigenvalue weighted by Gasteiger charge is -2.07. The Labute approximate surface area is 141 Å². The number of benzene rings is 1. The maximum absolute atomic E-state index is 13.1. The monoisotopic (exact) mass is 367 g/mol. The van der Waals surface area contributed by atoms with E-state index in [1.54, 1.807) is 12.1 Å². The normalized spacial score (nSPS) is 12.3. The number of pyridine rings is 1. The first-order chi connectivity index (χ1) is 11.7. The Balaban J connectivity index is 2.16. The number of sulfone groups is 1. The third-order valence-corrected chi connectivity index (χ3v) is 4.59. The average Bonchev–Trinajstić information content (AvgIpc) is 3.00. The van der Waals surface area contributed by atoms with E-state index in [1.807, 2.05) is 0 Å². The minimum atomic E-state index is -4.60. The van der Waals surface area contributed by atoms with Crippen LogP contribution in [0, 0.1) is 0 Å². The Bertz CT molecular complexity index is 995. The maximum atomic E-state index is 13.1. The van der Waals surface area contributed by atoms with Gasteiger partial charge in [0.1, 0.15) is 5.82 Å². The third-order valence-electron chi connectivity index (χ3n) is 3.46. The van der Waals surface area contributed by atoms with Crippen LogP contribution < -0.4 is 0 Å². The first-order valence-corrected chi connectivity index (χ1v) is 8.93. The Morgan fingerprint density at radius 1 is 1.08 bits per heavy atom. The van der Waals surface area contributed by atoms with E-state index in [0.717, 1.165) is 12.5 Å². The lowest BCUT2D eigenvalue weighted by atomic mass is 10.2. The Hall–Kier alpha value is -2.68. The van der Waals surface area contributed by atoms with Gasteiger partial charge < -0.3 is 0 Å². The molecule has 0 atom stereocenters. The molecule has 3 rings (SSSR count). The molecule has 0 aliphatic heterocycles. The Morgan fingerprint density at radius 2 is 1.76 bits per heavy atom. The summed E-state index contributed by atoms with van der Waals surface area (Å²) in [6.07, 6.45) is 0.258. The highest BCUT2D eigenvalue weighted by Gasteiger charge is 2.35. The van der Waals surface area contributed by atoms with Gasteiger partial charge in [-0.25, -0.2) is 13.4 Å². The van der Waals surface area contributed by atoms with E-state index in [2.05, 4.69) is 9.97 Å².